The maximum absolute atomic E-state index is 13.1. The summed E-state index contributed by atoms with van der Waals surface area (Å²) in [6.45, 7) is 6.97. The van der Waals surface area contributed by atoms with Crippen LogP contribution in [0.3, 0.4) is 0 Å². The molecule has 6 heteroatoms. The standard InChI is InChI=1S/C15H18ClF3N2/c1-21-14-5-3-10(7-12(14)15(17,18)19)11-4-2-9(8-20)6-13(11)16/h9-14H,2-7H2. The van der Waals surface area contributed by atoms with Gasteiger partial charge in [-0.3, -0.25) is 0 Å². The van der Waals surface area contributed by atoms with Gasteiger partial charge in [0.2, 0.25) is 6.04 Å². The molecular formula is C15H18ClF3N2. The second-order valence-electron chi connectivity index (χ2n) is 6.24. The van der Waals surface area contributed by atoms with Gasteiger partial charge in [0, 0.05) is 17.7 Å². The fourth-order valence-corrected chi connectivity index (χ4v) is 4.42. The van der Waals surface area contributed by atoms with Crippen LogP contribution < -0.4 is 0 Å². The van der Waals surface area contributed by atoms with Crippen LogP contribution in [0.4, 0.5) is 13.2 Å². The zero-order valence-corrected chi connectivity index (χ0v) is 12.4. The number of alkyl halides is 4. The summed E-state index contributed by atoms with van der Waals surface area (Å²) in [5, 5.41) is 8.71. The lowest BCUT2D eigenvalue weighted by atomic mass is 9.67. The van der Waals surface area contributed by atoms with Gasteiger partial charge < -0.3 is 4.85 Å². The van der Waals surface area contributed by atoms with E-state index in [0.29, 0.717) is 19.3 Å². The van der Waals surface area contributed by atoms with Crippen molar-refractivity contribution in [2.24, 2.45) is 23.7 Å². The van der Waals surface area contributed by atoms with Crippen LogP contribution in [0.15, 0.2) is 0 Å². The third kappa shape index (κ3) is 3.64. The minimum atomic E-state index is -4.31. The molecule has 2 aliphatic carbocycles. The van der Waals surface area contributed by atoms with Crippen LogP contribution >= 0.6 is 11.6 Å². The maximum atomic E-state index is 13.1. The normalized spacial score (nSPS) is 41.0. The molecule has 2 saturated carbocycles. The summed E-state index contributed by atoms with van der Waals surface area (Å²) in [6, 6.07) is 1.26. The van der Waals surface area contributed by atoms with Gasteiger partial charge in [-0.15, -0.1) is 11.6 Å². The van der Waals surface area contributed by atoms with Crippen molar-refractivity contribution in [1.82, 2.24) is 0 Å². The smallest absolute Gasteiger partial charge is 0.313 e. The molecule has 0 heterocycles. The van der Waals surface area contributed by atoms with Crippen molar-refractivity contribution in [1.29, 1.82) is 5.26 Å². The lowest BCUT2D eigenvalue weighted by Crippen LogP contribution is -2.42. The summed E-state index contributed by atoms with van der Waals surface area (Å²) >= 11 is 6.33. The van der Waals surface area contributed by atoms with Crippen molar-refractivity contribution in [3.05, 3.63) is 11.4 Å². The van der Waals surface area contributed by atoms with E-state index in [1.54, 1.807) is 0 Å². The van der Waals surface area contributed by atoms with Crippen molar-refractivity contribution >= 4 is 11.6 Å². The van der Waals surface area contributed by atoms with Crippen molar-refractivity contribution in [2.75, 3.05) is 0 Å². The topological polar surface area (TPSA) is 28.1 Å². The molecular weight excluding hydrogens is 301 g/mol. The Hall–Kier alpha value is -0.940. The number of rotatable bonds is 1. The molecule has 0 saturated heterocycles. The Bertz CT molecular complexity index is 451. The quantitative estimate of drug-likeness (QED) is 0.504. The van der Waals surface area contributed by atoms with E-state index >= 15 is 0 Å². The summed E-state index contributed by atoms with van der Waals surface area (Å²) in [5.74, 6) is -1.61. The van der Waals surface area contributed by atoms with Crippen molar-refractivity contribution in [2.45, 2.75) is 56.1 Å². The molecule has 0 N–H and O–H groups in total. The lowest BCUT2D eigenvalue weighted by molar-refractivity contribution is -0.189. The zero-order valence-electron chi connectivity index (χ0n) is 11.6. The molecule has 0 amide bonds. The molecule has 0 aromatic heterocycles. The van der Waals surface area contributed by atoms with E-state index in [0.717, 1.165) is 12.8 Å². The molecule has 0 spiro atoms. The Kier molecular flexibility index (Phi) is 5.04. The van der Waals surface area contributed by atoms with Crippen LogP contribution in [-0.4, -0.2) is 17.6 Å². The number of hydrogen-bond donors (Lipinski definition) is 0. The second-order valence-corrected chi connectivity index (χ2v) is 6.80. The third-order valence-corrected chi connectivity index (χ3v) is 5.55. The number of hydrogen-bond acceptors (Lipinski definition) is 1. The zero-order chi connectivity index (χ0) is 15.6. The highest BCUT2D eigenvalue weighted by Gasteiger charge is 2.53. The molecule has 2 fully saturated rings. The first-order chi connectivity index (χ1) is 9.86. The molecule has 6 unspecified atom stereocenters. The van der Waals surface area contributed by atoms with Crippen molar-refractivity contribution in [3.8, 4) is 6.07 Å². The Morgan fingerprint density at radius 1 is 1.14 bits per heavy atom. The molecule has 0 aromatic carbocycles. The molecule has 0 radical (unpaired) electrons. The summed E-state index contributed by atoms with van der Waals surface area (Å²) in [7, 11) is 0. The van der Waals surface area contributed by atoms with Gasteiger partial charge >= 0.3 is 6.18 Å². The number of nitrogens with zero attached hydrogens (tertiary/aromatic N) is 2. The van der Waals surface area contributed by atoms with Gasteiger partial charge in [0.15, 0.2) is 0 Å². The summed E-state index contributed by atoms with van der Waals surface area (Å²) in [6.07, 6.45) is -1.32. The highest BCUT2D eigenvalue weighted by molar-refractivity contribution is 6.20. The van der Waals surface area contributed by atoms with Crippen LogP contribution in [0.25, 0.3) is 4.85 Å². The Balaban J connectivity index is 2.06. The molecule has 2 rings (SSSR count). The summed E-state index contributed by atoms with van der Waals surface area (Å²) < 4.78 is 39.3. The van der Waals surface area contributed by atoms with Crippen LogP contribution in [0, 0.1) is 41.6 Å². The molecule has 21 heavy (non-hydrogen) atoms. The highest BCUT2D eigenvalue weighted by Crippen LogP contribution is 2.48. The van der Waals surface area contributed by atoms with E-state index in [2.05, 4.69) is 10.9 Å². The summed E-state index contributed by atoms with van der Waals surface area (Å²) in [4.78, 5) is 3.17. The number of nitriles is 1. The SMILES string of the molecule is [C-]#[N+]C1CCC(C2CCC(C#N)CC2Cl)CC1C(F)(F)F. The van der Waals surface area contributed by atoms with Crippen molar-refractivity contribution in [3.63, 3.8) is 0 Å². The average molecular weight is 319 g/mol. The van der Waals surface area contributed by atoms with E-state index in [9.17, 15) is 13.2 Å². The van der Waals surface area contributed by atoms with Crippen LogP contribution in [-0.2, 0) is 0 Å². The lowest BCUT2D eigenvalue weighted by Gasteiger charge is -2.40. The van der Waals surface area contributed by atoms with Crippen LogP contribution in [0.5, 0.6) is 0 Å². The minimum Gasteiger partial charge on any atom is -0.313 e. The van der Waals surface area contributed by atoms with Gasteiger partial charge in [0.25, 0.3) is 0 Å². The van der Waals surface area contributed by atoms with Gasteiger partial charge in [-0.05, 0) is 43.9 Å². The molecule has 0 aromatic rings. The minimum absolute atomic E-state index is 0.0155. The Morgan fingerprint density at radius 2 is 1.86 bits per heavy atom. The predicted octanol–water partition coefficient (Wildman–Crippen LogP) is 4.80. The second kappa shape index (κ2) is 6.44. The predicted molar refractivity (Wildman–Crippen MR) is 73.4 cm³/mol. The van der Waals surface area contributed by atoms with E-state index in [1.165, 1.54) is 0 Å². The molecule has 0 bridgehead atoms. The van der Waals surface area contributed by atoms with E-state index < -0.39 is 18.1 Å². The first-order valence-electron chi connectivity index (χ1n) is 7.33. The van der Waals surface area contributed by atoms with Gasteiger partial charge in [-0.25, -0.2) is 6.57 Å². The van der Waals surface area contributed by atoms with E-state index in [-0.39, 0.29) is 29.6 Å². The first-order valence-corrected chi connectivity index (χ1v) is 7.77. The molecule has 116 valence electrons. The molecule has 0 aliphatic heterocycles. The van der Waals surface area contributed by atoms with Gasteiger partial charge in [0.1, 0.15) is 5.92 Å². The third-order valence-electron chi connectivity index (χ3n) is 5.05. The van der Waals surface area contributed by atoms with Crippen molar-refractivity contribution < 1.29 is 13.2 Å². The molecule has 2 aliphatic rings. The fraction of sp³-hybridized carbons (Fsp3) is 0.867. The first kappa shape index (κ1) is 16.4. The number of halogens is 4. The van der Waals surface area contributed by atoms with Gasteiger partial charge in [-0.1, -0.05) is 0 Å². The van der Waals surface area contributed by atoms with E-state index in [1.807, 2.05) is 0 Å². The fourth-order valence-electron chi connectivity index (χ4n) is 3.87. The van der Waals surface area contributed by atoms with Gasteiger partial charge in [-0.2, -0.15) is 18.4 Å². The maximum Gasteiger partial charge on any atom is 0.399 e. The Labute approximate surface area is 128 Å². The van der Waals surface area contributed by atoms with E-state index in [4.69, 9.17) is 23.4 Å². The largest absolute Gasteiger partial charge is 0.399 e. The summed E-state index contributed by atoms with van der Waals surface area (Å²) in [5.41, 5.74) is 0. The highest BCUT2D eigenvalue weighted by atomic mass is 35.5. The average Bonchev–Trinajstić information content (AvgIpc) is 2.45. The Morgan fingerprint density at radius 3 is 2.38 bits per heavy atom. The molecule has 2 nitrogen and oxygen atoms in total. The van der Waals surface area contributed by atoms with Crippen LogP contribution in [0.2, 0.25) is 0 Å². The monoisotopic (exact) mass is 318 g/mol. The van der Waals surface area contributed by atoms with Crippen LogP contribution in [0.1, 0.15) is 38.5 Å². The molecule has 6 atom stereocenters. The van der Waals surface area contributed by atoms with Gasteiger partial charge in [0.05, 0.1) is 6.07 Å².